The zero-order valence-corrected chi connectivity index (χ0v) is 21.0. The third kappa shape index (κ3) is 5.85. The van der Waals surface area contributed by atoms with Gasteiger partial charge < -0.3 is 24.2 Å². The van der Waals surface area contributed by atoms with Crippen LogP contribution in [0, 0.1) is 0 Å². The molecule has 1 N–H and O–H groups in total. The molecule has 2 aromatic carbocycles. The van der Waals surface area contributed by atoms with Crippen LogP contribution in [0.4, 0.5) is 5.69 Å². The summed E-state index contributed by atoms with van der Waals surface area (Å²) < 4.78 is 15.4. The molecule has 35 heavy (non-hydrogen) atoms. The number of ether oxygens (including phenoxy) is 3. The highest BCUT2D eigenvalue weighted by Gasteiger charge is 2.51. The molecule has 0 aliphatic carbocycles. The molecule has 0 spiro atoms. The minimum atomic E-state index is -1.37. The number of carboxylic acid groups (broad SMARTS) is 1. The Labute approximate surface area is 210 Å². The van der Waals surface area contributed by atoms with Gasteiger partial charge >= 0.3 is 11.9 Å². The molecular formula is C26H32N2O6S. The van der Waals surface area contributed by atoms with E-state index in [9.17, 15) is 14.7 Å². The number of nitrogens with zero attached hydrogens (tertiary/aromatic N) is 2. The number of carboxylic acids is 1. The molecule has 0 unspecified atom stereocenters. The molecule has 0 aromatic heterocycles. The number of aliphatic carboxylic acids is 1. The minimum Gasteiger partial charge on any atom is -0.497 e. The number of carbonyl (C=O) groups excluding carboxylic acids is 1. The average molecular weight is 501 g/mol. The number of para-hydroxylation sites is 1. The topological polar surface area (TPSA) is 88.5 Å². The van der Waals surface area contributed by atoms with E-state index in [0.29, 0.717) is 29.2 Å². The van der Waals surface area contributed by atoms with Crippen molar-refractivity contribution in [3.05, 3.63) is 48.5 Å². The van der Waals surface area contributed by atoms with Gasteiger partial charge in [0.15, 0.2) is 10.9 Å². The number of hydrogen-bond acceptors (Lipinski definition) is 8. The van der Waals surface area contributed by atoms with E-state index >= 15 is 0 Å². The minimum absolute atomic E-state index is 0.0199. The highest BCUT2D eigenvalue weighted by molar-refractivity contribution is 8.01. The van der Waals surface area contributed by atoms with E-state index in [0.717, 1.165) is 32.7 Å². The van der Waals surface area contributed by atoms with Gasteiger partial charge in [-0.2, -0.15) is 0 Å². The molecule has 0 amide bonds. The number of fused-ring (bicyclic) bond motifs is 1. The lowest BCUT2D eigenvalue weighted by atomic mass is 9.95. The molecule has 8 nitrogen and oxygen atoms in total. The van der Waals surface area contributed by atoms with Crippen LogP contribution >= 0.6 is 11.8 Å². The Balaban J connectivity index is 1.45. The van der Waals surface area contributed by atoms with Crippen LogP contribution in [0.2, 0.25) is 0 Å². The van der Waals surface area contributed by atoms with Gasteiger partial charge in [0.05, 0.1) is 12.0 Å². The van der Waals surface area contributed by atoms with Crippen molar-refractivity contribution in [1.82, 2.24) is 4.90 Å². The van der Waals surface area contributed by atoms with Crippen LogP contribution in [0.25, 0.3) is 0 Å². The van der Waals surface area contributed by atoms with E-state index in [2.05, 4.69) is 34.1 Å². The number of carbonyl (C=O) groups is 2. The molecule has 2 aliphatic heterocycles. The summed E-state index contributed by atoms with van der Waals surface area (Å²) in [6.45, 7) is 5.74. The van der Waals surface area contributed by atoms with Gasteiger partial charge in [-0.15, -0.1) is 0 Å². The lowest BCUT2D eigenvalue weighted by Gasteiger charge is -2.37. The lowest BCUT2D eigenvalue weighted by molar-refractivity contribution is -0.156. The van der Waals surface area contributed by atoms with Gasteiger partial charge in [0.2, 0.25) is 0 Å². The van der Waals surface area contributed by atoms with Crippen molar-refractivity contribution in [2.45, 2.75) is 35.5 Å². The predicted octanol–water partition coefficient (Wildman–Crippen LogP) is 3.54. The molecule has 1 saturated heterocycles. The Bertz CT molecular complexity index is 1030. The highest BCUT2D eigenvalue weighted by Crippen LogP contribution is 2.48. The third-order valence-electron chi connectivity index (χ3n) is 6.54. The summed E-state index contributed by atoms with van der Waals surface area (Å²) in [5.74, 6) is -0.359. The van der Waals surface area contributed by atoms with Crippen molar-refractivity contribution in [1.29, 1.82) is 0 Å². The number of anilines is 1. The largest absolute Gasteiger partial charge is 0.497 e. The van der Waals surface area contributed by atoms with Gasteiger partial charge in [0, 0.05) is 38.8 Å². The summed E-state index contributed by atoms with van der Waals surface area (Å²) >= 11 is 1.19. The molecule has 4 rings (SSSR count). The van der Waals surface area contributed by atoms with Crippen LogP contribution in [0.15, 0.2) is 53.4 Å². The van der Waals surface area contributed by atoms with Crippen LogP contribution in [-0.2, 0) is 14.3 Å². The van der Waals surface area contributed by atoms with E-state index in [4.69, 9.17) is 14.2 Å². The Hall–Kier alpha value is -2.91. The second-order valence-electron chi connectivity index (χ2n) is 8.79. The number of hydrogen-bond donors (Lipinski definition) is 1. The van der Waals surface area contributed by atoms with E-state index in [1.165, 1.54) is 24.4 Å². The van der Waals surface area contributed by atoms with Gasteiger partial charge in [0.1, 0.15) is 18.1 Å². The van der Waals surface area contributed by atoms with Crippen molar-refractivity contribution in [3.8, 4) is 11.5 Å². The lowest BCUT2D eigenvalue weighted by Crippen LogP contribution is -2.51. The van der Waals surface area contributed by atoms with Gasteiger partial charge in [-0.1, -0.05) is 30.0 Å². The predicted molar refractivity (Wildman–Crippen MR) is 135 cm³/mol. The normalized spacial score (nSPS) is 22.5. The Kier molecular flexibility index (Phi) is 8.07. The van der Waals surface area contributed by atoms with Gasteiger partial charge in [-0.25, -0.2) is 0 Å². The number of piperazine rings is 1. The van der Waals surface area contributed by atoms with E-state index < -0.39 is 22.8 Å². The first-order valence-electron chi connectivity index (χ1n) is 11.8. The van der Waals surface area contributed by atoms with Crippen LogP contribution in [0.1, 0.15) is 19.8 Å². The summed E-state index contributed by atoms with van der Waals surface area (Å²) in [6, 6.07) is 15.7. The molecule has 2 aliphatic rings. The molecule has 2 heterocycles. The zero-order valence-electron chi connectivity index (χ0n) is 20.1. The molecule has 0 saturated carbocycles. The maximum absolute atomic E-state index is 12.7. The molecule has 0 bridgehead atoms. The van der Waals surface area contributed by atoms with Gasteiger partial charge in [-0.3, -0.25) is 14.5 Å². The monoisotopic (exact) mass is 500 g/mol. The van der Waals surface area contributed by atoms with Crippen molar-refractivity contribution < 1.29 is 28.9 Å². The van der Waals surface area contributed by atoms with Gasteiger partial charge in [0.25, 0.3) is 0 Å². The van der Waals surface area contributed by atoms with Crippen LogP contribution in [-0.4, -0.2) is 79.2 Å². The van der Waals surface area contributed by atoms with Crippen molar-refractivity contribution >= 4 is 29.4 Å². The number of rotatable bonds is 8. The molecule has 188 valence electrons. The fourth-order valence-electron chi connectivity index (χ4n) is 4.64. The molecule has 9 heteroatoms. The first-order valence-corrected chi connectivity index (χ1v) is 12.7. The van der Waals surface area contributed by atoms with Crippen molar-refractivity contribution in [2.75, 3.05) is 51.3 Å². The van der Waals surface area contributed by atoms with Crippen molar-refractivity contribution in [2.24, 2.45) is 0 Å². The van der Waals surface area contributed by atoms with Crippen LogP contribution < -0.4 is 14.4 Å². The summed E-state index contributed by atoms with van der Waals surface area (Å²) in [5, 5.41) is 10.4. The van der Waals surface area contributed by atoms with E-state index in [-0.39, 0.29) is 6.61 Å². The molecule has 0 radical (unpaired) electrons. The van der Waals surface area contributed by atoms with E-state index in [1.54, 1.807) is 25.3 Å². The summed E-state index contributed by atoms with van der Waals surface area (Å²) in [4.78, 5) is 30.0. The number of esters is 1. The Morgan fingerprint density at radius 2 is 1.89 bits per heavy atom. The number of benzene rings is 2. The quantitative estimate of drug-likeness (QED) is 0.547. The summed E-state index contributed by atoms with van der Waals surface area (Å²) in [5.41, 5.74) is 1.23. The molecule has 2 aromatic rings. The second-order valence-corrected chi connectivity index (χ2v) is 10.2. The second kappa shape index (κ2) is 11.2. The number of thioether (sulfide) groups is 1. The summed E-state index contributed by atoms with van der Waals surface area (Å²) in [6.07, 6.45) is 0.0711. The smallest absolute Gasteiger partial charge is 0.324 e. The summed E-state index contributed by atoms with van der Waals surface area (Å²) in [7, 11) is 1.56. The standard InChI is InChI=1S/C26H32N2O6S/c1-19(29)34-24-18-33-22-10-9-21(32-2)17-23(22)35-26(24,25(30)31)11-6-12-27-13-15-28(16-14-27)20-7-4-3-5-8-20/h3-5,7-10,17,24H,6,11-16,18H2,1-2H3,(H,30,31)/t24-,26+/m0/s1. The molecule has 1 fully saturated rings. The van der Waals surface area contributed by atoms with E-state index in [1.807, 2.05) is 6.07 Å². The third-order valence-corrected chi connectivity index (χ3v) is 8.08. The number of methoxy groups -OCH3 is 1. The van der Waals surface area contributed by atoms with Crippen LogP contribution in [0.5, 0.6) is 11.5 Å². The first kappa shape index (κ1) is 25.2. The maximum atomic E-state index is 12.7. The van der Waals surface area contributed by atoms with Gasteiger partial charge in [-0.05, 0) is 49.7 Å². The van der Waals surface area contributed by atoms with Crippen LogP contribution in [0.3, 0.4) is 0 Å². The Morgan fingerprint density at radius 1 is 1.14 bits per heavy atom. The fourth-order valence-corrected chi connectivity index (χ4v) is 6.02. The molecule has 2 atom stereocenters. The first-order chi connectivity index (χ1) is 16.9. The SMILES string of the molecule is COc1ccc2c(c1)S[C@@](CCCN1CCN(c3ccccc3)CC1)(C(=O)O)[C@@H](OC(C)=O)CO2. The molecular weight excluding hydrogens is 468 g/mol. The Morgan fingerprint density at radius 3 is 2.54 bits per heavy atom. The average Bonchev–Trinajstić information content (AvgIpc) is 3.01. The highest BCUT2D eigenvalue weighted by atomic mass is 32.2. The zero-order chi connectivity index (χ0) is 24.8. The van der Waals surface area contributed by atoms with Crippen molar-refractivity contribution in [3.63, 3.8) is 0 Å². The fraction of sp³-hybridized carbons (Fsp3) is 0.462. The maximum Gasteiger partial charge on any atom is 0.324 e.